The number of hydrogen-bond acceptors (Lipinski definition) is 2. The predicted molar refractivity (Wildman–Crippen MR) is 78.4 cm³/mol. The van der Waals surface area contributed by atoms with Crippen LogP contribution < -0.4 is 0 Å². The molecule has 1 aromatic heterocycles. The molecule has 20 heavy (non-hydrogen) atoms. The van der Waals surface area contributed by atoms with Gasteiger partial charge in [0.2, 0.25) is 0 Å². The van der Waals surface area contributed by atoms with E-state index in [9.17, 15) is 4.79 Å². The molecule has 0 aliphatic carbocycles. The summed E-state index contributed by atoms with van der Waals surface area (Å²) in [6, 6.07) is 9.98. The van der Waals surface area contributed by atoms with E-state index in [1.54, 1.807) is 6.20 Å². The molecule has 0 spiro atoms. The third kappa shape index (κ3) is 2.31. The van der Waals surface area contributed by atoms with E-state index in [0.717, 1.165) is 42.6 Å². The molecule has 0 bridgehead atoms. The minimum atomic E-state index is 0.0960. The molecule has 0 N–H and O–H groups in total. The number of carbonyl (C=O) groups excluding carboxylic acids is 1. The number of nitrogens with zero attached hydrogens (tertiary/aromatic N) is 2. The Bertz CT molecular complexity index is 616. The van der Waals surface area contributed by atoms with Crippen molar-refractivity contribution in [2.75, 3.05) is 13.1 Å². The third-order valence-corrected chi connectivity index (χ3v) is 3.84. The van der Waals surface area contributed by atoms with Gasteiger partial charge in [0.25, 0.3) is 5.91 Å². The smallest absolute Gasteiger partial charge is 0.255 e. The maximum absolute atomic E-state index is 12.5. The van der Waals surface area contributed by atoms with E-state index in [1.807, 2.05) is 42.2 Å². The Balaban J connectivity index is 1.99. The first-order valence-electron chi connectivity index (χ1n) is 6.99. The van der Waals surface area contributed by atoms with Gasteiger partial charge in [0, 0.05) is 24.8 Å². The maximum atomic E-state index is 12.5. The van der Waals surface area contributed by atoms with E-state index in [0.29, 0.717) is 5.56 Å². The molecule has 1 aliphatic heterocycles. The van der Waals surface area contributed by atoms with Gasteiger partial charge in [-0.3, -0.25) is 9.78 Å². The van der Waals surface area contributed by atoms with Gasteiger partial charge in [0.05, 0.1) is 11.8 Å². The summed E-state index contributed by atoms with van der Waals surface area (Å²) in [7, 11) is 0. The first kappa shape index (κ1) is 12.9. The Morgan fingerprint density at radius 3 is 2.60 bits per heavy atom. The first-order valence-corrected chi connectivity index (χ1v) is 6.99. The molecule has 1 saturated heterocycles. The molecule has 3 nitrogen and oxygen atoms in total. The molecule has 3 heteroatoms. The van der Waals surface area contributed by atoms with Gasteiger partial charge in [-0.1, -0.05) is 30.3 Å². The summed E-state index contributed by atoms with van der Waals surface area (Å²) in [5.41, 5.74) is 3.62. The van der Waals surface area contributed by atoms with E-state index in [2.05, 4.69) is 11.2 Å². The Labute approximate surface area is 119 Å². The maximum Gasteiger partial charge on any atom is 0.255 e. The average Bonchev–Trinajstić information content (AvgIpc) is 3.02. The first-order chi connectivity index (χ1) is 9.77. The van der Waals surface area contributed by atoms with Gasteiger partial charge in [0.15, 0.2) is 0 Å². The molecular weight excluding hydrogens is 248 g/mol. The predicted octanol–water partition coefficient (Wildman–Crippen LogP) is 3.09. The molecule has 1 fully saturated rings. The minimum Gasteiger partial charge on any atom is -0.339 e. The molecule has 2 aromatic rings. The van der Waals surface area contributed by atoms with Gasteiger partial charge in [-0.25, -0.2) is 0 Å². The Morgan fingerprint density at radius 2 is 1.90 bits per heavy atom. The summed E-state index contributed by atoms with van der Waals surface area (Å²) in [5.74, 6) is 0.0960. The SMILES string of the molecule is Cc1c(-c2ccccc2)[c]ncc1C(=O)N1CCCC1. The normalized spacial score (nSPS) is 14.6. The number of amides is 1. The fourth-order valence-electron chi connectivity index (χ4n) is 2.67. The molecule has 1 aliphatic rings. The highest BCUT2D eigenvalue weighted by molar-refractivity contribution is 5.97. The molecule has 101 valence electrons. The number of hydrogen-bond donors (Lipinski definition) is 0. The second-order valence-electron chi connectivity index (χ2n) is 5.15. The van der Waals surface area contributed by atoms with Gasteiger partial charge < -0.3 is 4.90 Å². The Morgan fingerprint density at radius 1 is 1.20 bits per heavy atom. The highest BCUT2D eigenvalue weighted by Crippen LogP contribution is 2.25. The molecule has 0 saturated carbocycles. The Kier molecular flexibility index (Phi) is 3.50. The van der Waals surface area contributed by atoms with Crippen molar-refractivity contribution in [3.8, 4) is 11.1 Å². The lowest BCUT2D eigenvalue weighted by Crippen LogP contribution is -2.28. The molecule has 1 amide bonds. The monoisotopic (exact) mass is 265 g/mol. The summed E-state index contributed by atoms with van der Waals surface area (Å²) >= 11 is 0. The molecule has 0 atom stereocenters. The second kappa shape index (κ2) is 5.45. The zero-order chi connectivity index (χ0) is 13.9. The summed E-state index contributed by atoms with van der Waals surface area (Å²) in [6.45, 7) is 3.69. The van der Waals surface area contributed by atoms with Crippen LogP contribution in [0.25, 0.3) is 11.1 Å². The van der Waals surface area contributed by atoms with Crippen LogP contribution in [0, 0.1) is 13.1 Å². The second-order valence-corrected chi connectivity index (χ2v) is 5.15. The van der Waals surface area contributed by atoms with Crippen LogP contribution in [0.5, 0.6) is 0 Å². The summed E-state index contributed by atoms with van der Waals surface area (Å²) in [4.78, 5) is 18.6. The van der Waals surface area contributed by atoms with Crippen molar-refractivity contribution >= 4 is 5.91 Å². The number of likely N-dealkylation sites (tertiary alicyclic amines) is 1. The summed E-state index contributed by atoms with van der Waals surface area (Å²) < 4.78 is 0. The highest BCUT2D eigenvalue weighted by Gasteiger charge is 2.22. The summed E-state index contributed by atoms with van der Waals surface area (Å²) in [5, 5.41) is 0. The zero-order valence-electron chi connectivity index (χ0n) is 11.6. The van der Waals surface area contributed by atoms with Crippen molar-refractivity contribution in [3.05, 3.63) is 53.9 Å². The number of rotatable bonds is 2. The van der Waals surface area contributed by atoms with Crippen LogP contribution in [0.4, 0.5) is 0 Å². The van der Waals surface area contributed by atoms with Crippen molar-refractivity contribution in [3.63, 3.8) is 0 Å². The van der Waals surface area contributed by atoms with Gasteiger partial charge in [-0.15, -0.1) is 0 Å². The van der Waals surface area contributed by atoms with E-state index >= 15 is 0 Å². The van der Waals surface area contributed by atoms with Gasteiger partial charge >= 0.3 is 0 Å². The Hall–Kier alpha value is -2.16. The van der Waals surface area contributed by atoms with E-state index < -0.39 is 0 Å². The van der Waals surface area contributed by atoms with Gasteiger partial charge in [-0.2, -0.15) is 0 Å². The highest BCUT2D eigenvalue weighted by atomic mass is 16.2. The number of pyridine rings is 1. The largest absolute Gasteiger partial charge is 0.339 e. The van der Waals surface area contributed by atoms with Crippen molar-refractivity contribution < 1.29 is 4.79 Å². The standard InChI is InChI=1S/C17H17N2O/c1-13-15(14-7-3-2-4-8-14)11-18-12-16(13)17(20)19-9-5-6-10-19/h2-4,7-8,12H,5-6,9-10H2,1H3. The summed E-state index contributed by atoms with van der Waals surface area (Å²) in [6.07, 6.45) is 6.86. The van der Waals surface area contributed by atoms with Gasteiger partial charge in [-0.05, 0) is 30.9 Å². The number of carbonyl (C=O) groups is 1. The molecule has 1 radical (unpaired) electrons. The minimum absolute atomic E-state index is 0.0960. The van der Waals surface area contributed by atoms with Crippen molar-refractivity contribution in [2.45, 2.75) is 19.8 Å². The molecular formula is C17H17N2O. The van der Waals surface area contributed by atoms with E-state index in [-0.39, 0.29) is 5.91 Å². The van der Waals surface area contributed by atoms with Crippen LogP contribution in [0.15, 0.2) is 36.5 Å². The number of aromatic nitrogens is 1. The van der Waals surface area contributed by atoms with Crippen LogP contribution in [-0.2, 0) is 0 Å². The van der Waals surface area contributed by atoms with Crippen LogP contribution >= 0.6 is 0 Å². The fraction of sp³-hybridized carbons (Fsp3) is 0.294. The van der Waals surface area contributed by atoms with Crippen LogP contribution in [0.3, 0.4) is 0 Å². The van der Waals surface area contributed by atoms with Crippen LogP contribution in [0.1, 0.15) is 28.8 Å². The lowest BCUT2D eigenvalue weighted by molar-refractivity contribution is 0.0791. The van der Waals surface area contributed by atoms with E-state index in [4.69, 9.17) is 0 Å². The topological polar surface area (TPSA) is 33.2 Å². The molecule has 1 aromatic carbocycles. The molecule has 3 rings (SSSR count). The quantitative estimate of drug-likeness (QED) is 0.836. The van der Waals surface area contributed by atoms with Crippen LogP contribution in [0.2, 0.25) is 0 Å². The lowest BCUT2D eigenvalue weighted by Gasteiger charge is -2.17. The van der Waals surface area contributed by atoms with Crippen molar-refractivity contribution in [1.29, 1.82) is 0 Å². The van der Waals surface area contributed by atoms with Crippen molar-refractivity contribution in [1.82, 2.24) is 9.88 Å². The van der Waals surface area contributed by atoms with Crippen molar-refractivity contribution in [2.24, 2.45) is 0 Å². The average molecular weight is 265 g/mol. The van der Waals surface area contributed by atoms with Crippen LogP contribution in [-0.4, -0.2) is 28.9 Å². The number of benzene rings is 1. The van der Waals surface area contributed by atoms with Gasteiger partial charge in [0.1, 0.15) is 0 Å². The third-order valence-electron chi connectivity index (χ3n) is 3.84. The molecule has 2 heterocycles. The molecule has 0 unspecified atom stereocenters. The zero-order valence-corrected chi connectivity index (χ0v) is 11.6. The lowest BCUT2D eigenvalue weighted by atomic mass is 9.99. The van der Waals surface area contributed by atoms with E-state index in [1.165, 1.54) is 0 Å². The fourth-order valence-corrected chi connectivity index (χ4v) is 2.67.